The lowest BCUT2D eigenvalue weighted by Gasteiger charge is -2.11. The van der Waals surface area contributed by atoms with Crippen LogP contribution >= 0.6 is 34.5 Å². The number of anilines is 1. The quantitative estimate of drug-likeness (QED) is 0.318. The fourth-order valence-corrected chi connectivity index (χ4v) is 4.99. The highest BCUT2D eigenvalue weighted by Gasteiger charge is 2.38. The predicted molar refractivity (Wildman–Crippen MR) is 120 cm³/mol. The number of ether oxygens (including phenoxy) is 1. The molecule has 0 bridgehead atoms. The zero-order chi connectivity index (χ0) is 26.3. The highest BCUT2D eigenvalue weighted by Crippen LogP contribution is 2.35. The molecule has 0 unspecified atom stereocenters. The summed E-state index contributed by atoms with van der Waals surface area (Å²) in [6.07, 6.45) is -4.43. The number of carbonyl (C=O) groups excluding carboxylic acids is 1. The van der Waals surface area contributed by atoms with E-state index >= 15 is 0 Å². The van der Waals surface area contributed by atoms with Crippen LogP contribution in [0.3, 0.4) is 0 Å². The molecule has 2 rings (SSSR count). The Morgan fingerprint density at radius 3 is 2.24 bits per heavy atom. The molecule has 0 aliphatic rings. The smallest absolute Gasteiger partial charge is 0.490 e. The number of esters is 1. The zero-order valence-corrected chi connectivity index (χ0v) is 20.7. The van der Waals surface area contributed by atoms with Gasteiger partial charge in [0.15, 0.2) is 0 Å². The molecule has 0 spiro atoms. The van der Waals surface area contributed by atoms with Gasteiger partial charge in [0.2, 0.25) is 0 Å². The maximum atomic E-state index is 12.3. The van der Waals surface area contributed by atoms with Gasteiger partial charge in [-0.3, -0.25) is 4.72 Å². The van der Waals surface area contributed by atoms with Crippen molar-refractivity contribution in [2.75, 3.05) is 32.0 Å². The Balaban J connectivity index is 0.000000718. The molecule has 1 aromatic carbocycles. The van der Waals surface area contributed by atoms with Crippen molar-refractivity contribution >= 4 is 62.2 Å². The number of thiophene rings is 1. The second-order valence-electron chi connectivity index (χ2n) is 6.62. The largest absolute Gasteiger partial charge is 0.507 e. The van der Waals surface area contributed by atoms with Gasteiger partial charge in [0.25, 0.3) is 10.0 Å². The van der Waals surface area contributed by atoms with E-state index < -0.39 is 33.9 Å². The number of rotatable bonds is 8. The lowest BCUT2D eigenvalue weighted by Crippen LogP contribution is -2.21. The fourth-order valence-electron chi connectivity index (χ4n) is 2.06. The Bertz CT molecular complexity index is 1100. The monoisotopic (exact) mass is 566 g/mol. The van der Waals surface area contributed by atoms with Gasteiger partial charge in [-0.1, -0.05) is 23.2 Å². The van der Waals surface area contributed by atoms with Crippen molar-refractivity contribution in [2.24, 2.45) is 0 Å². The van der Waals surface area contributed by atoms with Gasteiger partial charge < -0.3 is 19.8 Å². The maximum absolute atomic E-state index is 12.3. The minimum Gasteiger partial charge on any atom is -0.507 e. The van der Waals surface area contributed by atoms with E-state index in [1.807, 2.05) is 19.0 Å². The van der Waals surface area contributed by atoms with Gasteiger partial charge in [-0.2, -0.15) is 13.2 Å². The Morgan fingerprint density at radius 2 is 1.79 bits per heavy atom. The molecule has 16 heteroatoms. The van der Waals surface area contributed by atoms with Crippen LogP contribution in [0.2, 0.25) is 9.36 Å². The standard InChI is InChI=1S/C16H18Cl2N2O5S2.C2HF3O2/c1-20(2)6-3-7-25-16(22)11-5-4-10(8-13(11)21)19-27(23,24)14-9-12(17)15(18)26-14;3-2(4,5)1(6)7/h4-5,8-9,19,21H,3,6-7H2,1-2H3;(H,6,7). The maximum Gasteiger partial charge on any atom is 0.490 e. The van der Waals surface area contributed by atoms with Crippen molar-refractivity contribution in [3.05, 3.63) is 39.2 Å². The summed E-state index contributed by atoms with van der Waals surface area (Å²) in [6.45, 7) is 0.974. The number of carboxylic acids is 1. The number of carboxylic acid groups (broad SMARTS) is 1. The number of nitrogens with one attached hydrogen (secondary N) is 1. The van der Waals surface area contributed by atoms with Crippen LogP contribution in [-0.4, -0.2) is 68.9 Å². The first kappa shape index (κ1) is 29.8. The summed E-state index contributed by atoms with van der Waals surface area (Å²) < 4.78 is 63.9. The van der Waals surface area contributed by atoms with Crippen LogP contribution in [0, 0.1) is 0 Å². The van der Waals surface area contributed by atoms with Crippen LogP contribution < -0.4 is 4.72 Å². The van der Waals surface area contributed by atoms with Crippen molar-refractivity contribution in [2.45, 2.75) is 16.8 Å². The summed E-state index contributed by atoms with van der Waals surface area (Å²) in [5, 5.41) is 17.3. The molecule has 0 aliphatic heterocycles. The highest BCUT2D eigenvalue weighted by atomic mass is 35.5. The van der Waals surface area contributed by atoms with Crippen LogP contribution in [0.1, 0.15) is 16.8 Å². The summed E-state index contributed by atoms with van der Waals surface area (Å²) in [4.78, 5) is 22.9. The third-order valence-electron chi connectivity index (χ3n) is 3.58. The van der Waals surface area contributed by atoms with E-state index in [9.17, 15) is 31.5 Å². The number of nitrogens with zero attached hydrogens (tertiary/aromatic N) is 1. The minimum atomic E-state index is -5.08. The van der Waals surface area contributed by atoms with E-state index in [0.29, 0.717) is 6.42 Å². The summed E-state index contributed by atoms with van der Waals surface area (Å²) >= 11 is 12.4. The first-order valence-corrected chi connectivity index (χ1v) is 12.0. The summed E-state index contributed by atoms with van der Waals surface area (Å²) in [6, 6.07) is 5.00. The number of sulfonamides is 1. The number of hydrogen-bond donors (Lipinski definition) is 3. The molecule has 0 radical (unpaired) electrons. The molecule has 0 saturated heterocycles. The number of aromatic hydroxyl groups is 1. The van der Waals surface area contributed by atoms with Gasteiger partial charge in [-0.25, -0.2) is 18.0 Å². The second kappa shape index (κ2) is 12.4. The van der Waals surface area contributed by atoms with E-state index in [1.165, 1.54) is 18.2 Å². The first-order valence-electron chi connectivity index (χ1n) is 8.97. The molecule has 0 saturated carbocycles. The van der Waals surface area contributed by atoms with E-state index in [-0.39, 0.29) is 31.4 Å². The van der Waals surface area contributed by atoms with Crippen LogP contribution in [-0.2, 0) is 19.6 Å². The summed E-state index contributed by atoms with van der Waals surface area (Å²) in [7, 11) is -0.106. The van der Waals surface area contributed by atoms with Gasteiger partial charge in [-0.15, -0.1) is 11.3 Å². The molecule has 0 atom stereocenters. The van der Waals surface area contributed by atoms with E-state index in [2.05, 4.69) is 4.72 Å². The van der Waals surface area contributed by atoms with Gasteiger partial charge in [-0.05, 0) is 38.7 Å². The molecule has 9 nitrogen and oxygen atoms in total. The second-order valence-corrected chi connectivity index (χ2v) is 10.6. The number of phenols is 1. The van der Waals surface area contributed by atoms with Crippen molar-refractivity contribution in [3.8, 4) is 5.75 Å². The topological polar surface area (TPSA) is 133 Å². The average Bonchev–Trinajstić information content (AvgIpc) is 3.04. The Labute approximate surface area is 206 Å². The van der Waals surface area contributed by atoms with Crippen molar-refractivity contribution in [1.29, 1.82) is 0 Å². The first-order chi connectivity index (χ1) is 15.5. The fraction of sp³-hybridized carbons (Fsp3) is 0.333. The van der Waals surface area contributed by atoms with E-state index in [0.717, 1.165) is 23.9 Å². The van der Waals surface area contributed by atoms with E-state index in [1.54, 1.807) is 0 Å². The number of alkyl halides is 3. The molecule has 1 aromatic heterocycles. The summed E-state index contributed by atoms with van der Waals surface area (Å²) in [5.41, 5.74) is 0.0299. The minimum absolute atomic E-state index is 0.0509. The number of aliphatic carboxylic acids is 1. The number of hydrogen-bond acceptors (Lipinski definition) is 8. The molecule has 0 fully saturated rings. The predicted octanol–water partition coefficient (Wildman–Crippen LogP) is 4.30. The molecule has 2 aromatic rings. The van der Waals surface area contributed by atoms with Crippen molar-refractivity contribution < 1.29 is 46.1 Å². The number of carbonyl (C=O) groups is 2. The van der Waals surface area contributed by atoms with Gasteiger partial charge in [0.1, 0.15) is 19.9 Å². The number of phenolic OH excluding ortho intramolecular Hbond substituents is 1. The molecular weight excluding hydrogens is 548 g/mol. The summed E-state index contributed by atoms with van der Waals surface area (Å²) in [5.74, 6) is -3.83. The van der Waals surface area contributed by atoms with Crippen LogP contribution in [0.5, 0.6) is 5.75 Å². The Morgan fingerprint density at radius 1 is 1.21 bits per heavy atom. The van der Waals surface area contributed by atoms with E-state index in [4.69, 9.17) is 37.8 Å². The number of halogens is 5. The molecule has 1 heterocycles. The average molecular weight is 567 g/mol. The van der Waals surface area contributed by atoms with Gasteiger partial charge in [0, 0.05) is 12.6 Å². The van der Waals surface area contributed by atoms with Crippen LogP contribution in [0.15, 0.2) is 28.5 Å². The molecule has 34 heavy (non-hydrogen) atoms. The normalized spacial score (nSPS) is 11.5. The third-order valence-corrected chi connectivity index (χ3v) is 7.30. The van der Waals surface area contributed by atoms with Gasteiger partial charge >= 0.3 is 18.1 Å². The lowest BCUT2D eigenvalue weighted by molar-refractivity contribution is -0.192. The molecule has 0 amide bonds. The number of benzene rings is 1. The van der Waals surface area contributed by atoms with Crippen LogP contribution in [0.25, 0.3) is 0 Å². The molecular formula is C18H19Cl2F3N2O7S2. The highest BCUT2D eigenvalue weighted by molar-refractivity contribution is 7.94. The molecule has 0 aliphatic carbocycles. The lowest BCUT2D eigenvalue weighted by atomic mass is 10.2. The Kier molecular flexibility index (Phi) is 10.9. The van der Waals surface area contributed by atoms with Crippen molar-refractivity contribution in [1.82, 2.24) is 4.90 Å². The van der Waals surface area contributed by atoms with Crippen molar-refractivity contribution in [3.63, 3.8) is 0 Å². The SMILES string of the molecule is CN(C)CCCOC(=O)c1ccc(NS(=O)(=O)c2cc(Cl)c(Cl)s2)cc1O.O=C(O)C(F)(F)F. The molecule has 190 valence electrons. The Hall–Kier alpha value is -2.26. The van der Waals surface area contributed by atoms with Crippen LogP contribution in [0.4, 0.5) is 18.9 Å². The zero-order valence-electron chi connectivity index (χ0n) is 17.5. The third kappa shape index (κ3) is 9.54. The van der Waals surface area contributed by atoms with Gasteiger partial charge in [0.05, 0.1) is 17.3 Å². The molecule has 3 N–H and O–H groups in total.